The van der Waals surface area contributed by atoms with Crippen molar-refractivity contribution in [2.45, 2.75) is 0 Å². The Morgan fingerprint density at radius 2 is 1.64 bits per heavy atom. The van der Waals surface area contributed by atoms with Crippen molar-refractivity contribution in [2.75, 3.05) is 5.32 Å². The van der Waals surface area contributed by atoms with Gasteiger partial charge in [0.1, 0.15) is 0 Å². The first-order valence-electron chi connectivity index (χ1n) is 7.32. The van der Waals surface area contributed by atoms with E-state index in [4.69, 9.17) is 10.2 Å². The minimum atomic E-state index is -1.26. The number of carbonyl (C=O) groups is 2. The molecular formula is C18H17N3O4. The van der Waals surface area contributed by atoms with Crippen LogP contribution in [0.5, 0.6) is 0 Å². The maximum Gasteiger partial charge on any atom is 0.328 e. The van der Waals surface area contributed by atoms with Gasteiger partial charge in [-0.15, -0.1) is 0 Å². The lowest BCUT2D eigenvalue weighted by Gasteiger charge is -2.03. The number of carboxylic acids is 2. The molecule has 0 unspecified atom stereocenters. The van der Waals surface area contributed by atoms with Crippen LogP contribution in [-0.2, 0) is 16.6 Å². The molecule has 3 aromatic rings. The van der Waals surface area contributed by atoms with E-state index in [0.29, 0.717) is 12.2 Å². The Labute approximate surface area is 143 Å². The Kier molecular flexibility index (Phi) is 5.89. The molecule has 0 bridgehead atoms. The lowest BCUT2D eigenvalue weighted by atomic mass is 10.2. The average Bonchev–Trinajstić information content (AvgIpc) is 2.91. The largest absolute Gasteiger partial charge is 0.478 e. The summed E-state index contributed by atoms with van der Waals surface area (Å²) in [6, 6.07) is 12.3. The fourth-order valence-electron chi connectivity index (χ4n) is 2.17. The highest BCUT2D eigenvalue weighted by Crippen LogP contribution is 2.27. The molecule has 2 aromatic heterocycles. The normalized spacial score (nSPS) is 10.3. The standard InChI is InChI=1S/C14H13N3.C4H4O4/c1-17-10-13(12-4-2-3-5-14(12)17)16-11-6-8-15-9-7-11;5-3(6)1-2-4(7)8/h2-10H,1H3,(H,15,16);1-2H,(H,5,6)(H,7,8). The molecule has 0 aliphatic rings. The first kappa shape index (κ1) is 17.7. The molecule has 3 N–H and O–H groups in total. The van der Waals surface area contributed by atoms with Gasteiger partial charge in [0, 0.05) is 54.4 Å². The smallest absolute Gasteiger partial charge is 0.328 e. The number of hydrogen-bond donors (Lipinski definition) is 3. The van der Waals surface area contributed by atoms with Gasteiger partial charge in [0.05, 0.1) is 5.69 Å². The SMILES string of the molecule is Cn1cc(Nc2ccncc2)c2ccccc21.O=C(O)C=CC(=O)O. The Morgan fingerprint density at radius 3 is 2.24 bits per heavy atom. The van der Waals surface area contributed by atoms with E-state index in [9.17, 15) is 9.59 Å². The Bertz CT molecular complexity index is 885. The zero-order valence-electron chi connectivity index (χ0n) is 13.5. The zero-order chi connectivity index (χ0) is 18.2. The molecule has 0 fully saturated rings. The van der Waals surface area contributed by atoms with Crippen molar-refractivity contribution in [1.82, 2.24) is 9.55 Å². The van der Waals surface area contributed by atoms with Crippen LogP contribution in [0, 0.1) is 0 Å². The Balaban J connectivity index is 0.000000242. The monoisotopic (exact) mass is 339 g/mol. The summed E-state index contributed by atoms with van der Waals surface area (Å²) in [5.41, 5.74) is 3.40. The third kappa shape index (κ3) is 5.21. The van der Waals surface area contributed by atoms with Crippen LogP contribution in [-0.4, -0.2) is 31.7 Å². The highest BCUT2D eigenvalue weighted by atomic mass is 16.4. The van der Waals surface area contributed by atoms with Crippen LogP contribution < -0.4 is 5.32 Å². The van der Waals surface area contributed by atoms with Crippen molar-refractivity contribution in [2.24, 2.45) is 7.05 Å². The van der Waals surface area contributed by atoms with Crippen LogP contribution in [0.3, 0.4) is 0 Å². The minimum Gasteiger partial charge on any atom is -0.478 e. The number of aromatic nitrogens is 2. The number of benzene rings is 1. The molecule has 2 heterocycles. The van der Waals surface area contributed by atoms with E-state index in [2.05, 4.69) is 52.4 Å². The Hall–Kier alpha value is -3.61. The van der Waals surface area contributed by atoms with Gasteiger partial charge in [0.25, 0.3) is 0 Å². The molecule has 0 spiro atoms. The van der Waals surface area contributed by atoms with Crippen molar-refractivity contribution in [3.8, 4) is 0 Å². The molecule has 0 atom stereocenters. The predicted octanol–water partition coefficient (Wildman–Crippen LogP) is 3.03. The van der Waals surface area contributed by atoms with Crippen molar-refractivity contribution in [1.29, 1.82) is 0 Å². The van der Waals surface area contributed by atoms with Crippen molar-refractivity contribution in [3.63, 3.8) is 0 Å². The predicted molar refractivity (Wildman–Crippen MR) is 94.9 cm³/mol. The molecule has 0 radical (unpaired) electrons. The maximum absolute atomic E-state index is 9.55. The topological polar surface area (TPSA) is 104 Å². The number of anilines is 2. The fraction of sp³-hybridized carbons (Fsp3) is 0.0556. The Morgan fingerprint density at radius 1 is 1.04 bits per heavy atom. The summed E-state index contributed by atoms with van der Waals surface area (Å²) in [6.07, 6.45) is 6.79. The van der Waals surface area contributed by atoms with Crippen LogP contribution in [0.15, 0.2) is 67.1 Å². The van der Waals surface area contributed by atoms with Crippen molar-refractivity contribution >= 4 is 34.2 Å². The third-order valence-corrected chi connectivity index (χ3v) is 3.22. The molecular weight excluding hydrogens is 322 g/mol. The van der Waals surface area contributed by atoms with E-state index in [1.54, 1.807) is 12.4 Å². The molecule has 128 valence electrons. The molecule has 0 saturated heterocycles. The van der Waals surface area contributed by atoms with Gasteiger partial charge in [-0.3, -0.25) is 4.98 Å². The highest BCUT2D eigenvalue weighted by molar-refractivity contribution is 5.94. The van der Waals surface area contributed by atoms with E-state index in [0.717, 1.165) is 11.4 Å². The molecule has 3 rings (SSSR count). The van der Waals surface area contributed by atoms with Gasteiger partial charge in [-0.05, 0) is 18.2 Å². The fourth-order valence-corrected chi connectivity index (χ4v) is 2.17. The molecule has 0 saturated carbocycles. The van der Waals surface area contributed by atoms with Gasteiger partial charge in [0.15, 0.2) is 0 Å². The maximum atomic E-state index is 9.55. The number of nitrogens with zero attached hydrogens (tertiary/aromatic N) is 2. The van der Waals surface area contributed by atoms with E-state index in [-0.39, 0.29) is 0 Å². The van der Waals surface area contributed by atoms with Crippen LogP contribution in [0.4, 0.5) is 11.4 Å². The molecule has 0 aliphatic carbocycles. The van der Waals surface area contributed by atoms with Gasteiger partial charge >= 0.3 is 11.9 Å². The summed E-state index contributed by atoms with van der Waals surface area (Å²) < 4.78 is 2.12. The number of pyridine rings is 1. The number of aryl methyl sites for hydroxylation is 1. The third-order valence-electron chi connectivity index (χ3n) is 3.22. The van der Waals surface area contributed by atoms with Gasteiger partial charge in [-0.1, -0.05) is 18.2 Å². The number of para-hydroxylation sites is 1. The molecule has 0 amide bonds. The van der Waals surface area contributed by atoms with Gasteiger partial charge in [-0.25, -0.2) is 9.59 Å². The summed E-state index contributed by atoms with van der Waals surface area (Å²) in [5.74, 6) is -2.51. The second-order valence-electron chi connectivity index (χ2n) is 5.04. The number of fused-ring (bicyclic) bond motifs is 1. The average molecular weight is 339 g/mol. The van der Waals surface area contributed by atoms with Crippen LogP contribution in [0.2, 0.25) is 0 Å². The first-order valence-corrected chi connectivity index (χ1v) is 7.32. The van der Waals surface area contributed by atoms with Crippen LogP contribution >= 0.6 is 0 Å². The summed E-state index contributed by atoms with van der Waals surface area (Å²) >= 11 is 0. The summed E-state index contributed by atoms with van der Waals surface area (Å²) in [6.45, 7) is 0. The van der Waals surface area contributed by atoms with E-state index in [1.165, 1.54) is 10.9 Å². The summed E-state index contributed by atoms with van der Waals surface area (Å²) in [4.78, 5) is 23.1. The quantitative estimate of drug-likeness (QED) is 0.631. The van der Waals surface area contributed by atoms with Crippen LogP contribution in [0.25, 0.3) is 10.9 Å². The molecule has 7 heteroatoms. The first-order chi connectivity index (χ1) is 12.0. The number of nitrogens with one attached hydrogen (secondary N) is 1. The lowest BCUT2D eigenvalue weighted by Crippen LogP contribution is -1.91. The number of hydrogen-bond acceptors (Lipinski definition) is 4. The summed E-state index contributed by atoms with van der Waals surface area (Å²) in [5, 5.41) is 20.3. The number of rotatable bonds is 4. The van der Waals surface area contributed by atoms with Crippen molar-refractivity contribution < 1.29 is 19.8 Å². The van der Waals surface area contributed by atoms with E-state index >= 15 is 0 Å². The number of aliphatic carboxylic acids is 2. The molecule has 1 aromatic carbocycles. The van der Waals surface area contributed by atoms with Crippen molar-refractivity contribution in [3.05, 3.63) is 67.1 Å². The molecule has 25 heavy (non-hydrogen) atoms. The minimum absolute atomic E-state index is 0.558. The van der Waals surface area contributed by atoms with E-state index < -0.39 is 11.9 Å². The zero-order valence-corrected chi connectivity index (χ0v) is 13.5. The lowest BCUT2D eigenvalue weighted by molar-refractivity contribution is -0.134. The van der Waals surface area contributed by atoms with Gasteiger partial charge in [-0.2, -0.15) is 0 Å². The van der Waals surface area contributed by atoms with Gasteiger partial charge in [0.2, 0.25) is 0 Å². The van der Waals surface area contributed by atoms with Crippen LogP contribution in [0.1, 0.15) is 0 Å². The second-order valence-corrected chi connectivity index (χ2v) is 5.04. The highest BCUT2D eigenvalue weighted by Gasteiger charge is 2.05. The molecule has 0 aliphatic heterocycles. The second kappa shape index (κ2) is 8.30. The van der Waals surface area contributed by atoms with E-state index in [1.807, 2.05) is 12.1 Å². The van der Waals surface area contributed by atoms with Gasteiger partial charge < -0.3 is 20.1 Å². The molecule has 7 nitrogen and oxygen atoms in total. The number of carboxylic acid groups (broad SMARTS) is 2. The summed E-state index contributed by atoms with van der Waals surface area (Å²) in [7, 11) is 2.06.